The molecule has 34 heavy (non-hydrogen) atoms. The van der Waals surface area contributed by atoms with Gasteiger partial charge >= 0.3 is 0 Å². The largest absolute Gasteiger partial charge is 0.256 e. The summed E-state index contributed by atoms with van der Waals surface area (Å²) in [6.45, 7) is 10.0. The summed E-state index contributed by atoms with van der Waals surface area (Å²) in [5.41, 5.74) is 7.73. The second-order valence-corrected chi connectivity index (χ2v) is 8.22. The van der Waals surface area contributed by atoms with Gasteiger partial charge in [0.15, 0.2) is 0 Å². The maximum Gasteiger partial charge on any atom is 0.0710 e. The summed E-state index contributed by atoms with van der Waals surface area (Å²) in [5, 5.41) is 2.21. The normalized spacial score (nSPS) is 12.8. The minimum atomic E-state index is 0.865. The molecule has 0 radical (unpaired) electrons. The Morgan fingerprint density at radius 2 is 1.76 bits per heavy atom. The average Bonchev–Trinajstić information content (AvgIpc) is 3.10. The number of hydrogen-bond donors (Lipinski definition) is 0. The molecule has 1 heteroatoms. The Hall–Kier alpha value is -4.23. The van der Waals surface area contributed by atoms with Crippen LogP contribution in [0.5, 0.6) is 0 Å². The van der Waals surface area contributed by atoms with Crippen molar-refractivity contribution in [1.29, 1.82) is 0 Å². The summed E-state index contributed by atoms with van der Waals surface area (Å²) in [7, 11) is 0. The molecule has 0 fully saturated rings. The lowest BCUT2D eigenvalue weighted by Crippen LogP contribution is -1.92. The highest BCUT2D eigenvalue weighted by Gasteiger charge is 2.09. The topological polar surface area (TPSA) is 12.9 Å². The molecule has 0 atom stereocenters. The third kappa shape index (κ3) is 5.39. The van der Waals surface area contributed by atoms with E-state index in [0.29, 0.717) is 0 Å². The quantitative estimate of drug-likeness (QED) is 0.362. The second kappa shape index (κ2) is 11.1. The number of rotatable bonds is 5. The third-order valence-electron chi connectivity index (χ3n) is 5.82. The van der Waals surface area contributed by atoms with Crippen molar-refractivity contribution in [3.05, 3.63) is 144 Å². The molecule has 0 N–H and O–H groups in total. The van der Waals surface area contributed by atoms with Crippen molar-refractivity contribution in [2.24, 2.45) is 0 Å². The molecule has 1 heterocycles. The van der Waals surface area contributed by atoms with Crippen LogP contribution in [0.25, 0.3) is 40.1 Å². The van der Waals surface area contributed by atoms with Gasteiger partial charge in [0.25, 0.3) is 0 Å². The molecule has 1 nitrogen and oxygen atoms in total. The lowest BCUT2D eigenvalue weighted by Gasteiger charge is -2.11. The number of allylic oxidation sites excluding steroid dienone is 7. The summed E-state index contributed by atoms with van der Waals surface area (Å²) in [4.78, 5) is 4.95. The van der Waals surface area contributed by atoms with Gasteiger partial charge in [0.05, 0.1) is 5.69 Å². The SMILES string of the molecule is C=C/C=C\C(C)=C\c1ncc2ccccc2cccc(-c2ccc3c(c2)C=CC=CC3)c1C=C. The van der Waals surface area contributed by atoms with Gasteiger partial charge in [-0.3, -0.25) is 4.98 Å². The van der Waals surface area contributed by atoms with E-state index in [4.69, 9.17) is 4.98 Å². The van der Waals surface area contributed by atoms with Crippen LogP contribution >= 0.6 is 0 Å². The molecule has 1 aliphatic rings. The molecule has 2 aromatic carbocycles. The number of hydrogen-bond acceptors (Lipinski definition) is 1. The molecule has 4 rings (SSSR count). The smallest absolute Gasteiger partial charge is 0.0710 e. The van der Waals surface area contributed by atoms with Crippen LogP contribution < -0.4 is 0 Å². The fraction of sp³-hybridized carbons (Fsp3) is 0.0606. The highest BCUT2D eigenvalue weighted by atomic mass is 14.7. The monoisotopic (exact) mass is 439 g/mol. The number of fused-ring (bicyclic) bond motifs is 2. The number of benzene rings is 2. The molecule has 0 bridgehead atoms. The Kier molecular flexibility index (Phi) is 7.47. The van der Waals surface area contributed by atoms with Crippen LogP contribution in [0, 0.1) is 0 Å². The summed E-state index contributed by atoms with van der Waals surface area (Å²) in [5.74, 6) is 0. The van der Waals surface area contributed by atoms with Crippen LogP contribution in [0.1, 0.15) is 29.3 Å². The Labute approximate surface area is 202 Å². The number of aromatic nitrogens is 1. The van der Waals surface area contributed by atoms with Crippen LogP contribution in [-0.2, 0) is 6.42 Å². The van der Waals surface area contributed by atoms with Gasteiger partial charge in [0, 0.05) is 11.8 Å². The van der Waals surface area contributed by atoms with E-state index in [-0.39, 0.29) is 0 Å². The molecular formula is C33H29N. The maximum atomic E-state index is 4.95. The van der Waals surface area contributed by atoms with Gasteiger partial charge in [-0.1, -0.05) is 116 Å². The predicted octanol–water partition coefficient (Wildman–Crippen LogP) is 8.94. The van der Waals surface area contributed by atoms with Crippen molar-refractivity contribution in [2.45, 2.75) is 13.3 Å². The van der Waals surface area contributed by atoms with Gasteiger partial charge in [-0.2, -0.15) is 0 Å². The van der Waals surface area contributed by atoms with E-state index in [1.165, 1.54) is 11.1 Å². The average molecular weight is 440 g/mol. The molecule has 1 aromatic heterocycles. The molecule has 0 saturated heterocycles. The lowest BCUT2D eigenvalue weighted by molar-refractivity contribution is 1.26. The summed E-state index contributed by atoms with van der Waals surface area (Å²) < 4.78 is 0. The predicted molar refractivity (Wildman–Crippen MR) is 150 cm³/mol. The first-order valence-electron chi connectivity index (χ1n) is 11.5. The zero-order valence-electron chi connectivity index (χ0n) is 19.6. The summed E-state index contributed by atoms with van der Waals surface area (Å²) in [6, 6.07) is 21.4. The van der Waals surface area contributed by atoms with Gasteiger partial charge < -0.3 is 0 Å². The van der Waals surface area contributed by atoms with Crippen LogP contribution in [0.2, 0.25) is 0 Å². The first-order chi connectivity index (χ1) is 16.7. The lowest BCUT2D eigenvalue weighted by atomic mass is 9.94. The molecule has 0 aliphatic heterocycles. The van der Waals surface area contributed by atoms with Crippen LogP contribution in [0.3, 0.4) is 0 Å². The Balaban J connectivity index is 2.03. The number of nitrogens with zero attached hydrogens (tertiary/aromatic N) is 1. The highest BCUT2D eigenvalue weighted by molar-refractivity contribution is 5.83. The molecular weight excluding hydrogens is 410 g/mol. The van der Waals surface area contributed by atoms with Gasteiger partial charge in [0.1, 0.15) is 0 Å². The van der Waals surface area contributed by atoms with Crippen molar-refractivity contribution in [2.75, 3.05) is 0 Å². The minimum absolute atomic E-state index is 0.865. The first kappa shape index (κ1) is 22.9. The van der Waals surface area contributed by atoms with E-state index in [1.54, 1.807) is 6.08 Å². The standard InChI is InChI=1S/C33H29N/c1-4-6-13-25(3)22-33-31(5-2)32(19-12-18-26-15-10-11-17-30(26)24-34-33)29-21-20-27-14-8-7-9-16-28(27)23-29/h4-13,15-24H,1-2,14H2,3H3/b13-6-,18-12?,19-12?,25-22+,26-18?,30-24?,32-19?,32-31?,33-31?,34-24?,34-33?. The van der Waals surface area contributed by atoms with Crippen molar-refractivity contribution < 1.29 is 0 Å². The van der Waals surface area contributed by atoms with Crippen molar-refractivity contribution in [3.8, 4) is 11.1 Å². The van der Waals surface area contributed by atoms with Crippen molar-refractivity contribution in [3.63, 3.8) is 0 Å². The van der Waals surface area contributed by atoms with E-state index >= 15 is 0 Å². The molecule has 0 saturated carbocycles. The zero-order valence-corrected chi connectivity index (χ0v) is 19.6. The molecule has 0 spiro atoms. The Morgan fingerprint density at radius 3 is 2.59 bits per heavy atom. The van der Waals surface area contributed by atoms with E-state index < -0.39 is 0 Å². The highest BCUT2D eigenvalue weighted by Crippen LogP contribution is 2.30. The van der Waals surface area contributed by atoms with Crippen LogP contribution in [0.4, 0.5) is 0 Å². The van der Waals surface area contributed by atoms with Crippen molar-refractivity contribution >= 4 is 29.0 Å². The van der Waals surface area contributed by atoms with Gasteiger partial charge in [-0.25, -0.2) is 0 Å². The van der Waals surface area contributed by atoms with E-state index in [1.807, 2.05) is 30.5 Å². The van der Waals surface area contributed by atoms with E-state index in [9.17, 15) is 0 Å². The second-order valence-electron chi connectivity index (χ2n) is 8.22. The third-order valence-corrected chi connectivity index (χ3v) is 5.82. The minimum Gasteiger partial charge on any atom is -0.256 e. The summed E-state index contributed by atoms with van der Waals surface area (Å²) >= 11 is 0. The molecule has 166 valence electrons. The maximum absolute atomic E-state index is 4.95. The Bertz CT molecular complexity index is 1410. The molecule has 3 aromatic rings. The summed E-state index contributed by atoms with van der Waals surface area (Å²) in [6.07, 6.45) is 21.2. The van der Waals surface area contributed by atoms with Gasteiger partial charge in [-0.05, 0) is 64.1 Å². The molecule has 1 aliphatic carbocycles. The van der Waals surface area contributed by atoms with E-state index in [2.05, 4.69) is 105 Å². The Morgan fingerprint density at radius 1 is 0.941 bits per heavy atom. The zero-order chi connectivity index (χ0) is 23.8. The fourth-order valence-corrected chi connectivity index (χ4v) is 4.07. The first-order valence-corrected chi connectivity index (χ1v) is 11.5. The van der Waals surface area contributed by atoms with Gasteiger partial charge in [0.2, 0.25) is 0 Å². The van der Waals surface area contributed by atoms with Crippen LogP contribution in [0.15, 0.2) is 122 Å². The van der Waals surface area contributed by atoms with Crippen LogP contribution in [-0.4, -0.2) is 4.98 Å². The molecule has 0 unspecified atom stereocenters. The molecule has 0 amide bonds. The van der Waals surface area contributed by atoms with Crippen molar-refractivity contribution in [1.82, 2.24) is 4.98 Å². The fourth-order valence-electron chi connectivity index (χ4n) is 4.07. The van der Waals surface area contributed by atoms with E-state index in [0.717, 1.165) is 45.2 Å². The van der Waals surface area contributed by atoms with Gasteiger partial charge in [-0.15, -0.1) is 0 Å².